The molecular formula is C86H90Cl5FN12O3. The second kappa shape index (κ2) is 39.2. The highest BCUT2D eigenvalue weighted by Gasteiger charge is 2.33. The van der Waals surface area contributed by atoms with Crippen molar-refractivity contribution in [1.29, 1.82) is 10.5 Å². The number of nitrogens with one attached hydrogen (secondary N) is 6. The minimum atomic E-state index is -0.525. The lowest BCUT2D eigenvalue weighted by atomic mass is 9.79. The van der Waals surface area contributed by atoms with Crippen molar-refractivity contribution in [1.82, 2.24) is 35.6 Å². The zero-order chi connectivity index (χ0) is 75.2. The summed E-state index contributed by atoms with van der Waals surface area (Å²) >= 11 is 30.1. The van der Waals surface area contributed by atoms with Crippen molar-refractivity contribution in [2.45, 2.75) is 88.0 Å². The van der Waals surface area contributed by atoms with Crippen LogP contribution in [0.5, 0.6) is 0 Å². The van der Waals surface area contributed by atoms with Crippen LogP contribution < -0.4 is 31.9 Å². The normalized spacial score (nSPS) is 16.2. The van der Waals surface area contributed by atoms with Gasteiger partial charge in [0.15, 0.2) is 0 Å². The van der Waals surface area contributed by atoms with Crippen LogP contribution >= 0.6 is 58.0 Å². The fourth-order valence-electron chi connectivity index (χ4n) is 15.3. The van der Waals surface area contributed by atoms with Crippen molar-refractivity contribution in [2.75, 3.05) is 88.9 Å². The number of hydrogen-bond donors (Lipinski definition) is 6. The summed E-state index contributed by atoms with van der Waals surface area (Å²) in [4.78, 5) is 49.6. The lowest BCUT2D eigenvalue weighted by molar-refractivity contribution is 0.123. The van der Waals surface area contributed by atoms with E-state index in [4.69, 9.17) is 58.0 Å². The molecule has 15 nitrogen and oxygen atoms in total. The van der Waals surface area contributed by atoms with Crippen molar-refractivity contribution in [3.63, 3.8) is 0 Å². The largest absolute Gasteiger partial charge is 0.337 e. The van der Waals surface area contributed by atoms with Crippen LogP contribution in [0.1, 0.15) is 110 Å². The van der Waals surface area contributed by atoms with Gasteiger partial charge in [0.05, 0.1) is 28.3 Å². The molecule has 1 aromatic heterocycles. The maximum absolute atomic E-state index is 13.4. The average Bonchev–Trinajstić information content (AvgIpc) is 1.27. The van der Waals surface area contributed by atoms with Gasteiger partial charge in [-0.15, -0.1) is 0 Å². The van der Waals surface area contributed by atoms with Crippen LogP contribution in [0, 0.1) is 46.2 Å². The first kappa shape index (κ1) is 79.0. The van der Waals surface area contributed by atoms with E-state index in [1.807, 2.05) is 54.7 Å². The Morgan fingerprint density at radius 3 is 1.19 bits per heavy atom. The third kappa shape index (κ3) is 23.2. The maximum Gasteiger partial charge on any atom is 0.319 e. The molecule has 3 saturated heterocycles. The number of benzene rings is 8. The highest BCUT2D eigenvalue weighted by atomic mass is 35.5. The number of rotatable bonds is 19. The van der Waals surface area contributed by atoms with Crippen molar-refractivity contribution in [3.8, 4) is 45.5 Å². The molecule has 3 atom stereocenters. The summed E-state index contributed by atoms with van der Waals surface area (Å²) in [6.45, 7) is 8.03. The number of nitriles is 2. The number of hydrogen-bond acceptors (Lipinski definition) is 9. The van der Waals surface area contributed by atoms with Crippen LogP contribution in [0.3, 0.4) is 0 Å². The summed E-state index contributed by atoms with van der Waals surface area (Å²) in [5.74, 6) is 1.50. The number of urea groups is 3. The van der Waals surface area contributed by atoms with Gasteiger partial charge in [-0.3, -0.25) is 4.98 Å². The van der Waals surface area contributed by atoms with Gasteiger partial charge in [-0.2, -0.15) is 10.5 Å². The van der Waals surface area contributed by atoms with Crippen molar-refractivity contribution >= 4 is 93.2 Å². The van der Waals surface area contributed by atoms with Crippen LogP contribution in [-0.4, -0.2) is 117 Å². The number of nitrogens with zero attached hydrogens (tertiary/aromatic N) is 6. The molecule has 107 heavy (non-hydrogen) atoms. The van der Waals surface area contributed by atoms with E-state index in [1.165, 1.54) is 60.6 Å². The van der Waals surface area contributed by atoms with E-state index in [0.717, 1.165) is 117 Å². The highest BCUT2D eigenvalue weighted by molar-refractivity contribution is 6.35. The van der Waals surface area contributed by atoms with Gasteiger partial charge in [0.25, 0.3) is 0 Å². The Labute approximate surface area is 653 Å². The van der Waals surface area contributed by atoms with E-state index < -0.39 is 5.82 Å². The van der Waals surface area contributed by atoms with E-state index >= 15 is 0 Å². The lowest BCUT2D eigenvalue weighted by Gasteiger charge is -2.39. The Kier molecular flexibility index (Phi) is 28.9. The summed E-state index contributed by atoms with van der Waals surface area (Å²) in [5, 5.41) is 38.0. The molecule has 4 heterocycles. The molecule has 21 heteroatoms. The number of halogens is 6. The minimum Gasteiger partial charge on any atom is -0.337 e. The first-order chi connectivity index (χ1) is 51.9. The number of piperidine rings is 3. The van der Waals surface area contributed by atoms with Crippen LogP contribution in [0.15, 0.2) is 200 Å². The SMILES string of the molecule is CN1CCC(C(CNC(=O)Nc2cc(Cl)cc(Cl)c2)c2ccc(-c3cccnc3)cc2)CC1.CN1CCC(C(CNC(=O)Nc2ccc(F)c(Cl)c2)c2ccc(-c3cccc(C#N)c3)cc2)CC1.N#Cc1cccc(-c2ccc(C(CNC(=O)Nc3cc(Cl)cc(Cl)c3)C3CCN(C4CCCC4)CC3)cc2)c1. The van der Waals surface area contributed by atoms with Crippen LogP contribution in [-0.2, 0) is 0 Å². The minimum absolute atomic E-state index is 0.0348. The number of carbonyl (C=O) groups excluding carboxylic acids is 3. The molecule has 4 fully saturated rings. The van der Waals surface area contributed by atoms with Gasteiger partial charge >= 0.3 is 18.1 Å². The molecule has 0 bridgehead atoms. The van der Waals surface area contributed by atoms with Crippen LogP contribution in [0.4, 0.5) is 35.8 Å². The third-order valence-corrected chi connectivity index (χ3v) is 22.3. The Hall–Kier alpha value is -9.04. The molecule has 13 rings (SSSR count). The van der Waals surface area contributed by atoms with Crippen molar-refractivity contribution < 1.29 is 18.8 Å². The van der Waals surface area contributed by atoms with Crippen molar-refractivity contribution in [3.05, 3.63) is 259 Å². The molecule has 8 aromatic carbocycles. The van der Waals surface area contributed by atoms with Gasteiger partial charge in [-0.05, 0) is 257 Å². The Morgan fingerprint density at radius 1 is 0.439 bits per heavy atom. The second-order valence-electron chi connectivity index (χ2n) is 28.4. The molecule has 0 spiro atoms. The molecular weight excluding hydrogens is 1450 g/mol. The predicted molar refractivity (Wildman–Crippen MR) is 433 cm³/mol. The first-order valence-electron chi connectivity index (χ1n) is 36.7. The number of pyridine rings is 1. The zero-order valence-electron chi connectivity index (χ0n) is 60.2. The van der Waals surface area contributed by atoms with E-state index in [0.29, 0.717) is 85.7 Å². The second-order valence-corrected chi connectivity index (χ2v) is 30.5. The molecule has 3 aliphatic heterocycles. The Morgan fingerprint density at radius 2 is 0.813 bits per heavy atom. The molecule has 0 radical (unpaired) electrons. The summed E-state index contributed by atoms with van der Waals surface area (Å²) in [6, 6.07) is 63.3. The topological polar surface area (TPSA) is 194 Å². The van der Waals surface area contributed by atoms with Crippen LogP contribution in [0.2, 0.25) is 25.1 Å². The molecule has 6 N–H and O–H groups in total. The van der Waals surface area contributed by atoms with E-state index in [2.05, 4.69) is 157 Å². The molecule has 1 aliphatic carbocycles. The Bertz CT molecular complexity index is 4480. The average molecular weight is 1540 g/mol. The number of aromatic nitrogens is 1. The highest BCUT2D eigenvalue weighted by Crippen LogP contribution is 2.39. The van der Waals surface area contributed by atoms with Gasteiger partial charge in [0, 0.05) is 93.0 Å². The first-order valence-corrected chi connectivity index (χ1v) is 38.6. The standard InChI is InChI=1S/C32H34Cl2N4O.C28H28ClFN4O.C26H28Cl2N4O/c33-27-17-28(34)19-29(18-27)37-32(39)36-21-31(25-12-14-38(15-13-25)30-6-1-2-7-30)24-10-8-23(9-11-24)26-5-3-4-22(16-26)20-35;1-34-13-11-22(12-14-34)25(18-32-28(35)33-24-9-10-27(30)26(29)16-24)21-7-5-20(6-8-21)23-4-2-3-19(15-23)17-31;1-32-11-8-20(9-12-32)25(17-30-26(33)31-24-14-22(27)13-23(28)15-24)19-6-4-18(5-7-19)21-3-2-10-29-16-21/h3-5,8-11,16-19,25,30-31H,1-2,6-7,12-15,21H2,(H2,36,37,39);2-10,15-16,22,25H,11-14,18H2,1H3,(H2,32,33,35);2-7,10,13-16,20,25H,8-9,11-12,17H2,1H3,(H2,30,31,33). The molecule has 4 aliphatic rings. The molecule has 3 unspecified atom stereocenters. The molecule has 554 valence electrons. The third-order valence-electron chi connectivity index (χ3n) is 21.2. The number of anilines is 3. The number of amides is 6. The van der Waals surface area contributed by atoms with Gasteiger partial charge in [0.1, 0.15) is 5.82 Å². The number of carbonyl (C=O) groups is 3. The monoisotopic (exact) mass is 1530 g/mol. The predicted octanol–water partition coefficient (Wildman–Crippen LogP) is 20.7. The summed E-state index contributed by atoms with van der Waals surface area (Å²) in [6.07, 6.45) is 15.6. The molecule has 9 aromatic rings. The molecule has 1 saturated carbocycles. The lowest BCUT2D eigenvalue weighted by Crippen LogP contribution is -2.43. The fourth-order valence-corrected chi connectivity index (χ4v) is 16.5. The number of likely N-dealkylation sites (tertiary alicyclic amines) is 3. The van der Waals surface area contributed by atoms with E-state index in [-0.39, 0.29) is 40.9 Å². The van der Waals surface area contributed by atoms with Gasteiger partial charge < -0.3 is 46.6 Å². The van der Waals surface area contributed by atoms with Gasteiger partial charge in [0.2, 0.25) is 0 Å². The molecule has 6 amide bonds. The Balaban J connectivity index is 0.000000161. The van der Waals surface area contributed by atoms with E-state index in [9.17, 15) is 29.3 Å². The summed E-state index contributed by atoms with van der Waals surface area (Å²) in [7, 11) is 4.30. The summed E-state index contributed by atoms with van der Waals surface area (Å²) in [5.41, 5.74) is 12.9. The zero-order valence-corrected chi connectivity index (χ0v) is 64.0. The van der Waals surface area contributed by atoms with Gasteiger partial charge in [-0.25, -0.2) is 18.8 Å². The fraction of sp³-hybridized carbons (Fsp3) is 0.326. The van der Waals surface area contributed by atoms with Crippen molar-refractivity contribution in [2.24, 2.45) is 17.8 Å². The quantitative estimate of drug-likeness (QED) is 0.0457. The van der Waals surface area contributed by atoms with Crippen LogP contribution in [0.25, 0.3) is 33.4 Å². The summed E-state index contributed by atoms with van der Waals surface area (Å²) < 4.78 is 13.4. The smallest absolute Gasteiger partial charge is 0.319 e. The van der Waals surface area contributed by atoms with Gasteiger partial charge in [-0.1, -0.05) is 174 Å². The van der Waals surface area contributed by atoms with E-state index in [1.54, 1.807) is 48.7 Å². The maximum atomic E-state index is 13.4.